The molecule has 4 rings (SSSR count). The topological polar surface area (TPSA) is 66.5 Å². The van der Waals surface area contributed by atoms with E-state index in [0.29, 0.717) is 12.1 Å². The fourth-order valence-electron chi connectivity index (χ4n) is 4.45. The average molecular weight is 385 g/mol. The molecule has 2 aromatic rings. The van der Waals surface area contributed by atoms with Crippen molar-refractivity contribution in [2.24, 2.45) is 5.92 Å². The van der Waals surface area contributed by atoms with Crippen LogP contribution < -0.4 is 5.32 Å². The minimum Gasteiger partial charge on any atom is -0.325 e. The van der Waals surface area contributed by atoms with E-state index in [2.05, 4.69) is 5.32 Å². The first kappa shape index (κ1) is 18.2. The van der Waals surface area contributed by atoms with Crippen LogP contribution in [0.25, 0.3) is 0 Å². The van der Waals surface area contributed by atoms with Gasteiger partial charge >= 0.3 is 0 Å². The van der Waals surface area contributed by atoms with Gasteiger partial charge < -0.3 is 5.32 Å². The standard InChI is InChI=1S/C21H24N2O3S/c24-21(22-17-10-3-1-4-11-17)20-15-16-9-7-8-14-19(16)23(20)27(25,26)18-12-5-2-6-13-18/h1-6,10-13,16,19-20H,7-9,14-15H2,(H,22,24)/t16-,19-,20+/m1/s1. The van der Waals surface area contributed by atoms with Crippen LogP contribution in [-0.2, 0) is 14.8 Å². The molecule has 6 heteroatoms. The lowest BCUT2D eigenvalue weighted by atomic mass is 9.85. The lowest BCUT2D eigenvalue weighted by molar-refractivity contribution is -0.119. The maximum atomic E-state index is 13.4. The van der Waals surface area contributed by atoms with Crippen LogP contribution in [0.5, 0.6) is 0 Å². The Morgan fingerprint density at radius 2 is 1.56 bits per heavy atom. The van der Waals surface area contributed by atoms with Crippen molar-refractivity contribution in [1.82, 2.24) is 4.31 Å². The van der Waals surface area contributed by atoms with Gasteiger partial charge in [-0.1, -0.05) is 49.2 Å². The molecule has 1 heterocycles. The highest BCUT2D eigenvalue weighted by Crippen LogP contribution is 2.43. The molecule has 0 radical (unpaired) electrons. The Hall–Kier alpha value is -2.18. The summed E-state index contributed by atoms with van der Waals surface area (Å²) < 4.78 is 28.3. The van der Waals surface area contributed by atoms with Crippen LogP contribution in [0.1, 0.15) is 32.1 Å². The summed E-state index contributed by atoms with van der Waals surface area (Å²) >= 11 is 0. The van der Waals surface area contributed by atoms with Gasteiger partial charge in [-0.15, -0.1) is 0 Å². The number of rotatable bonds is 4. The zero-order valence-corrected chi connectivity index (χ0v) is 15.9. The fraction of sp³-hybridized carbons (Fsp3) is 0.381. The van der Waals surface area contributed by atoms with Crippen molar-refractivity contribution in [2.45, 2.75) is 49.1 Å². The average Bonchev–Trinajstić information content (AvgIpc) is 3.10. The predicted octanol–water partition coefficient (Wildman–Crippen LogP) is 3.65. The first-order valence-corrected chi connectivity index (χ1v) is 11.0. The van der Waals surface area contributed by atoms with Crippen LogP contribution in [0.4, 0.5) is 5.69 Å². The van der Waals surface area contributed by atoms with Crippen molar-refractivity contribution in [3.05, 3.63) is 60.7 Å². The molecule has 1 saturated heterocycles. The summed E-state index contributed by atoms with van der Waals surface area (Å²) in [6.07, 6.45) is 4.52. The molecule has 1 amide bonds. The highest BCUT2D eigenvalue weighted by molar-refractivity contribution is 7.89. The van der Waals surface area contributed by atoms with E-state index in [1.54, 1.807) is 30.3 Å². The molecule has 0 spiro atoms. The van der Waals surface area contributed by atoms with Gasteiger partial charge in [-0.05, 0) is 49.4 Å². The van der Waals surface area contributed by atoms with Crippen LogP contribution >= 0.6 is 0 Å². The number of nitrogens with one attached hydrogen (secondary N) is 1. The third-order valence-electron chi connectivity index (χ3n) is 5.69. The second-order valence-electron chi connectivity index (χ2n) is 7.37. The highest BCUT2D eigenvalue weighted by atomic mass is 32.2. The minimum atomic E-state index is -3.72. The molecule has 2 aromatic carbocycles. The summed E-state index contributed by atoms with van der Waals surface area (Å²) in [4.78, 5) is 13.3. The van der Waals surface area contributed by atoms with Crippen LogP contribution in [0.15, 0.2) is 65.6 Å². The van der Waals surface area contributed by atoms with Crippen LogP contribution in [-0.4, -0.2) is 30.7 Å². The summed E-state index contributed by atoms with van der Waals surface area (Å²) in [6, 6.07) is 16.9. The number of para-hydroxylation sites is 1. The summed E-state index contributed by atoms with van der Waals surface area (Å²) in [6.45, 7) is 0. The molecule has 1 N–H and O–H groups in total. The second kappa shape index (κ2) is 7.44. The molecule has 142 valence electrons. The van der Waals surface area contributed by atoms with E-state index in [9.17, 15) is 13.2 Å². The zero-order chi connectivity index (χ0) is 18.9. The van der Waals surface area contributed by atoms with Crippen LogP contribution in [0.3, 0.4) is 0 Å². The molecule has 0 unspecified atom stereocenters. The van der Waals surface area contributed by atoms with Crippen molar-refractivity contribution in [3.63, 3.8) is 0 Å². The first-order valence-electron chi connectivity index (χ1n) is 9.52. The van der Waals surface area contributed by atoms with E-state index in [1.807, 2.05) is 30.3 Å². The van der Waals surface area contributed by atoms with Gasteiger partial charge in [0.15, 0.2) is 0 Å². The Morgan fingerprint density at radius 3 is 2.26 bits per heavy atom. The summed E-state index contributed by atoms with van der Waals surface area (Å²) in [5, 5.41) is 2.90. The smallest absolute Gasteiger partial charge is 0.244 e. The molecule has 27 heavy (non-hydrogen) atoms. The van der Waals surface area contributed by atoms with Crippen LogP contribution in [0, 0.1) is 5.92 Å². The van der Waals surface area contributed by atoms with Gasteiger partial charge in [0.1, 0.15) is 6.04 Å². The Bertz CT molecular complexity index is 900. The highest BCUT2D eigenvalue weighted by Gasteiger charge is 2.50. The third kappa shape index (κ3) is 3.51. The zero-order valence-electron chi connectivity index (χ0n) is 15.1. The maximum Gasteiger partial charge on any atom is 0.244 e. The number of fused-ring (bicyclic) bond motifs is 1. The Kier molecular flexibility index (Phi) is 5.02. The molecule has 1 aliphatic carbocycles. The normalized spacial score (nSPS) is 25.7. The Morgan fingerprint density at radius 1 is 0.926 bits per heavy atom. The lowest BCUT2D eigenvalue weighted by Gasteiger charge is -2.32. The number of carbonyl (C=O) groups is 1. The van der Waals surface area contributed by atoms with Gasteiger partial charge in [0, 0.05) is 11.7 Å². The van der Waals surface area contributed by atoms with Crippen molar-refractivity contribution in [2.75, 3.05) is 5.32 Å². The van der Waals surface area contributed by atoms with Crippen molar-refractivity contribution in [3.8, 4) is 0 Å². The first-order chi connectivity index (χ1) is 13.1. The molecule has 1 aliphatic heterocycles. The summed E-state index contributed by atoms with van der Waals surface area (Å²) in [5.74, 6) is 0.0128. The van der Waals surface area contributed by atoms with E-state index < -0.39 is 16.1 Å². The SMILES string of the molecule is O=C(Nc1ccccc1)[C@@H]1C[C@H]2CCCC[C@H]2N1S(=O)(=O)c1ccccc1. The quantitative estimate of drug-likeness (QED) is 0.875. The number of amides is 1. The summed E-state index contributed by atoms with van der Waals surface area (Å²) in [5.41, 5.74) is 0.689. The Balaban J connectivity index is 1.67. The molecule has 5 nitrogen and oxygen atoms in total. The molecule has 3 atom stereocenters. The largest absolute Gasteiger partial charge is 0.325 e. The number of carbonyl (C=O) groups excluding carboxylic acids is 1. The fourth-order valence-corrected chi connectivity index (χ4v) is 6.34. The molecule has 0 aromatic heterocycles. The van der Waals surface area contributed by atoms with Gasteiger partial charge in [0.25, 0.3) is 0 Å². The third-order valence-corrected chi connectivity index (χ3v) is 7.64. The van der Waals surface area contributed by atoms with Crippen LogP contribution in [0.2, 0.25) is 0 Å². The number of hydrogen-bond acceptors (Lipinski definition) is 3. The predicted molar refractivity (Wildman–Crippen MR) is 105 cm³/mol. The second-order valence-corrected chi connectivity index (χ2v) is 9.21. The van der Waals surface area contributed by atoms with Crippen molar-refractivity contribution < 1.29 is 13.2 Å². The number of hydrogen-bond donors (Lipinski definition) is 1. The number of sulfonamides is 1. The van der Waals surface area contributed by atoms with E-state index in [4.69, 9.17) is 0 Å². The Labute approximate surface area is 160 Å². The minimum absolute atomic E-state index is 0.0875. The molecule has 0 bridgehead atoms. The van der Waals surface area contributed by atoms with E-state index in [1.165, 1.54) is 4.31 Å². The summed E-state index contributed by atoms with van der Waals surface area (Å²) in [7, 11) is -3.72. The van der Waals surface area contributed by atoms with Gasteiger partial charge in [-0.3, -0.25) is 4.79 Å². The lowest BCUT2D eigenvalue weighted by Crippen LogP contribution is -2.47. The molecular weight excluding hydrogens is 360 g/mol. The van der Waals surface area contributed by atoms with Crippen molar-refractivity contribution >= 4 is 21.6 Å². The van der Waals surface area contributed by atoms with Crippen molar-refractivity contribution in [1.29, 1.82) is 0 Å². The molecule has 2 aliphatic rings. The van der Waals surface area contributed by atoms with E-state index in [-0.39, 0.29) is 22.8 Å². The molecule has 1 saturated carbocycles. The van der Waals surface area contributed by atoms with Gasteiger partial charge in [-0.25, -0.2) is 8.42 Å². The molecule has 2 fully saturated rings. The monoisotopic (exact) mass is 384 g/mol. The number of benzene rings is 2. The van der Waals surface area contributed by atoms with Gasteiger partial charge in [0.2, 0.25) is 15.9 Å². The van der Waals surface area contributed by atoms with E-state index >= 15 is 0 Å². The molecular formula is C21H24N2O3S. The van der Waals surface area contributed by atoms with Gasteiger partial charge in [-0.2, -0.15) is 4.31 Å². The van der Waals surface area contributed by atoms with E-state index in [0.717, 1.165) is 25.7 Å². The number of nitrogens with zero attached hydrogens (tertiary/aromatic N) is 1. The maximum absolute atomic E-state index is 13.4. The number of anilines is 1. The van der Waals surface area contributed by atoms with Gasteiger partial charge in [0.05, 0.1) is 4.90 Å².